The average molecular weight is 366 g/mol. The van der Waals surface area contributed by atoms with E-state index in [0.29, 0.717) is 18.3 Å². The molecule has 4 rings (SSSR count). The lowest BCUT2D eigenvalue weighted by molar-refractivity contribution is 0.492. The van der Waals surface area contributed by atoms with Gasteiger partial charge in [-0.15, -0.1) is 10.2 Å². The van der Waals surface area contributed by atoms with Crippen molar-refractivity contribution in [1.82, 2.24) is 14.8 Å². The zero-order valence-corrected chi connectivity index (χ0v) is 15.4. The van der Waals surface area contributed by atoms with Crippen LogP contribution in [0.2, 0.25) is 5.02 Å². The summed E-state index contributed by atoms with van der Waals surface area (Å²) in [6.45, 7) is 2.87. The van der Waals surface area contributed by atoms with E-state index in [0.717, 1.165) is 40.9 Å². The molecule has 4 aromatic rings. The highest BCUT2D eigenvalue weighted by atomic mass is 35.5. The second kappa shape index (κ2) is 7.34. The first-order valence-electron chi connectivity index (χ1n) is 8.90. The van der Waals surface area contributed by atoms with Gasteiger partial charge in [-0.25, -0.2) is 0 Å². The Balaban J connectivity index is 1.76. The Kier molecular flexibility index (Phi) is 4.76. The summed E-state index contributed by atoms with van der Waals surface area (Å²) in [5, 5.41) is 10.4. The minimum Gasteiger partial charge on any atom is -0.419 e. The summed E-state index contributed by atoms with van der Waals surface area (Å²) in [5.74, 6) is 1.27. The average Bonchev–Trinajstić information content (AvgIpc) is 3.27. The minimum absolute atomic E-state index is 0.571. The maximum absolute atomic E-state index is 6.02. The predicted octanol–water partition coefficient (Wildman–Crippen LogP) is 5.74. The van der Waals surface area contributed by atoms with Crippen LogP contribution in [-0.2, 0) is 13.0 Å². The van der Waals surface area contributed by atoms with Crippen molar-refractivity contribution in [3.8, 4) is 11.6 Å². The summed E-state index contributed by atoms with van der Waals surface area (Å²) in [5.41, 5.74) is 3.25. The van der Waals surface area contributed by atoms with Gasteiger partial charge in [0.2, 0.25) is 5.89 Å². The Hall–Kier alpha value is -2.59. The molecule has 0 radical (unpaired) electrons. The van der Waals surface area contributed by atoms with E-state index < -0.39 is 0 Å². The van der Waals surface area contributed by atoms with E-state index in [1.54, 1.807) is 0 Å². The molecule has 0 atom stereocenters. The molecule has 26 heavy (non-hydrogen) atoms. The summed E-state index contributed by atoms with van der Waals surface area (Å²) in [6.07, 6.45) is 2.98. The quantitative estimate of drug-likeness (QED) is 0.438. The summed E-state index contributed by atoms with van der Waals surface area (Å²) < 4.78 is 8.15. The molecule has 0 saturated heterocycles. The normalized spacial score (nSPS) is 11.3. The van der Waals surface area contributed by atoms with Gasteiger partial charge in [0.15, 0.2) is 0 Å². The van der Waals surface area contributed by atoms with Gasteiger partial charge >= 0.3 is 0 Å². The molecule has 0 fully saturated rings. The zero-order chi connectivity index (χ0) is 17.9. The monoisotopic (exact) mass is 365 g/mol. The van der Waals surface area contributed by atoms with Crippen molar-refractivity contribution in [3.05, 3.63) is 71.1 Å². The molecule has 0 spiro atoms. The van der Waals surface area contributed by atoms with Crippen LogP contribution >= 0.6 is 11.6 Å². The van der Waals surface area contributed by atoms with Crippen molar-refractivity contribution >= 4 is 22.5 Å². The molecule has 0 aliphatic heterocycles. The number of hydrogen-bond donors (Lipinski definition) is 0. The van der Waals surface area contributed by atoms with Crippen molar-refractivity contribution < 1.29 is 4.42 Å². The lowest BCUT2D eigenvalue weighted by atomic mass is 10.2. The Labute approximate surface area is 157 Å². The van der Waals surface area contributed by atoms with Crippen LogP contribution in [0.5, 0.6) is 0 Å². The molecule has 2 heterocycles. The molecule has 0 amide bonds. The second-order valence-corrected chi connectivity index (χ2v) is 6.84. The summed E-state index contributed by atoms with van der Waals surface area (Å²) in [7, 11) is 0. The van der Waals surface area contributed by atoms with Crippen LogP contribution in [0.3, 0.4) is 0 Å². The third-order valence-corrected chi connectivity index (χ3v) is 4.75. The fraction of sp³-hybridized carbons (Fsp3) is 0.238. The van der Waals surface area contributed by atoms with E-state index in [2.05, 4.69) is 39.9 Å². The number of aromatic nitrogens is 3. The smallest absolute Gasteiger partial charge is 0.264 e. The van der Waals surface area contributed by atoms with Crippen molar-refractivity contribution in [2.45, 2.75) is 32.7 Å². The number of fused-ring (bicyclic) bond motifs is 1. The SMILES string of the molecule is CCCCc1nnc(-c2cc3ccccc3n2Cc2ccc(Cl)cc2)o1. The molecule has 0 bridgehead atoms. The Bertz CT molecular complexity index is 1020. The fourth-order valence-electron chi connectivity index (χ4n) is 3.12. The maximum atomic E-state index is 6.02. The Morgan fingerprint density at radius 2 is 1.85 bits per heavy atom. The molecule has 0 aliphatic carbocycles. The molecule has 2 aromatic carbocycles. The van der Waals surface area contributed by atoms with Gasteiger partial charge < -0.3 is 8.98 Å². The summed E-state index contributed by atoms with van der Waals surface area (Å²) in [6, 6.07) is 18.3. The molecule has 0 saturated carbocycles. The number of unbranched alkanes of at least 4 members (excludes halogenated alkanes) is 1. The first kappa shape index (κ1) is 16.9. The standard InChI is InChI=1S/C21H20ClN3O/c1-2-3-8-20-23-24-21(26-20)19-13-16-6-4-5-7-18(16)25(19)14-15-9-11-17(22)12-10-15/h4-7,9-13H,2-3,8,14H2,1H3. The molecule has 0 unspecified atom stereocenters. The second-order valence-electron chi connectivity index (χ2n) is 6.41. The summed E-state index contributed by atoms with van der Waals surface area (Å²) >= 11 is 6.02. The predicted molar refractivity (Wildman–Crippen MR) is 104 cm³/mol. The number of nitrogens with zero attached hydrogens (tertiary/aromatic N) is 3. The Morgan fingerprint density at radius 1 is 1.04 bits per heavy atom. The Morgan fingerprint density at radius 3 is 2.65 bits per heavy atom. The third kappa shape index (κ3) is 3.37. The summed E-state index contributed by atoms with van der Waals surface area (Å²) in [4.78, 5) is 0. The molecular weight excluding hydrogens is 346 g/mol. The minimum atomic E-state index is 0.571. The molecule has 0 N–H and O–H groups in total. The van der Waals surface area contributed by atoms with E-state index in [9.17, 15) is 0 Å². The topological polar surface area (TPSA) is 43.9 Å². The van der Waals surface area contributed by atoms with E-state index in [1.807, 2.05) is 36.4 Å². The first-order chi connectivity index (χ1) is 12.7. The van der Waals surface area contributed by atoms with Gasteiger partial charge in [0.25, 0.3) is 5.89 Å². The number of para-hydroxylation sites is 1. The van der Waals surface area contributed by atoms with Gasteiger partial charge in [0, 0.05) is 28.9 Å². The van der Waals surface area contributed by atoms with Gasteiger partial charge in [0.05, 0.1) is 0 Å². The molecular formula is C21H20ClN3O. The van der Waals surface area contributed by atoms with E-state index in [1.165, 1.54) is 5.56 Å². The van der Waals surface area contributed by atoms with Gasteiger partial charge in [-0.05, 0) is 36.2 Å². The number of rotatable bonds is 6. The van der Waals surface area contributed by atoms with Gasteiger partial charge in [-0.1, -0.05) is 55.3 Å². The molecule has 132 valence electrons. The number of hydrogen-bond acceptors (Lipinski definition) is 3. The van der Waals surface area contributed by atoms with Crippen LogP contribution < -0.4 is 0 Å². The van der Waals surface area contributed by atoms with E-state index >= 15 is 0 Å². The third-order valence-electron chi connectivity index (χ3n) is 4.49. The van der Waals surface area contributed by atoms with E-state index in [4.69, 9.17) is 16.0 Å². The lowest BCUT2D eigenvalue weighted by Gasteiger charge is -2.09. The molecule has 5 heteroatoms. The number of aryl methyl sites for hydroxylation is 1. The van der Waals surface area contributed by atoms with Crippen LogP contribution in [0, 0.1) is 0 Å². The van der Waals surface area contributed by atoms with Crippen molar-refractivity contribution in [1.29, 1.82) is 0 Å². The fourth-order valence-corrected chi connectivity index (χ4v) is 3.24. The van der Waals surface area contributed by atoms with Crippen molar-refractivity contribution in [3.63, 3.8) is 0 Å². The van der Waals surface area contributed by atoms with Crippen LogP contribution in [0.4, 0.5) is 0 Å². The van der Waals surface area contributed by atoms with Crippen LogP contribution in [0.25, 0.3) is 22.5 Å². The highest BCUT2D eigenvalue weighted by Crippen LogP contribution is 2.29. The highest BCUT2D eigenvalue weighted by molar-refractivity contribution is 6.30. The molecule has 2 aromatic heterocycles. The van der Waals surface area contributed by atoms with Gasteiger partial charge in [-0.2, -0.15) is 0 Å². The molecule has 4 nitrogen and oxygen atoms in total. The number of halogens is 1. The van der Waals surface area contributed by atoms with Crippen LogP contribution in [0.15, 0.2) is 59.0 Å². The first-order valence-corrected chi connectivity index (χ1v) is 9.28. The largest absolute Gasteiger partial charge is 0.419 e. The maximum Gasteiger partial charge on any atom is 0.264 e. The zero-order valence-electron chi connectivity index (χ0n) is 14.7. The highest BCUT2D eigenvalue weighted by Gasteiger charge is 2.16. The lowest BCUT2D eigenvalue weighted by Crippen LogP contribution is -2.01. The van der Waals surface area contributed by atoms with Crippen molar-refractivity contribution in [2.24, 2.45) is 0 Å². The van der Waals surface area contributed by atoms with Crippen LogP contribution in [-0.4, -0.2) is 14.8 Å². The van der Waals surface area contributed by atoms with Crippen LogP contribution in [0.1, 0.15) is 31.2 Å². The number of benzene rings is 2. The molecule has 0 aliphatic rings. The van der Waals surface area contributed by atoms with E-state index in [-0.39, 0.29) is 0 Å². The van der Waals surface area contributed by atoms with Crippen molar-refractivity contribution in [2.75, 3.05) is 0 Å². The van der Waals surface area contributed by atoms with Gasteiger partial charge in [-0.3, -0.25) is 0 Å². The van der Waals surface area contributed by atoms with Gasteiger partial charge in [0.1, 0.15) is 5.69 Å².